The Hall–Kier alpha value is -0.193. The van der Waals surface area contributed by atoms with E-state index in [2.05, 4.69) is 40.6 Å². The highest BCUT2D eigenvalue weighted by Gasteiger charge is 2.11. The van der Waals surface area contributed by atoms with Crippen molar-refractivity contribution in [2.45, 2.75) is 32.3 Å². The van der Waals surface area contributed by atoms with Gasteiger partial charge in [-0.2, -0.15) is 0 Å². The minimum atomic E-state index is -0.957. The van der Waals surface area contributed by atoms with Gasteiger partial charge in [-0.25, -0.2) is 0 Å². The molecule has 1 rings (SSSR count). The summed E-state index contributed by atoms with van der Waals surface area (Å²) < 4.78 is 6.60. The fraction of sp³-hybridized carbons (Fsp3) is 0.545. The van der Waals surface area contributed by atoms with E-state index >= 15 is 0 Å². The molecule has 0 spiro atoms. The van der Waals surface area contributed by atoms with Crippen molar-refractivity contribution in [2.24, 2.45) is 0 Å². The van der Waals surface area contributed by atoms with Crippen LogP contribution >= 0.6 is 15.9 Å². The molecule has 0 fully saturated rings. The van der Waals surface area contributed by atoms with Gasteiger partial charge < -0.3 is 4.74 Å². The predicted molar refractivity (Wildman–Crippen MR) is 69.7 cm³/mol. The van der Waals surface area contributed by atoms with Crippen molar-refractivity contribution in [3.63, 3.8) is 0 Å². The Balaban J connectivity index is 2.23. The van der Waals surface area contributed by atoms with E-state index < -0.39 is 8.07 Å². The fourth-order valence-corrected chi connectivity index (χ4v) is 2.04. The molecule has 0 aliphatic carbocycles. The van der Waals surface area contributed by atoms with Crippen LogP contribution in [-0.4, -0.2) is 19.7 Å². The standard InChI is InChI=1S/C11H18BrNOSi/c1-15(2,3)7-6-14-9-11-5-4-10(12)8-13-11/h4-5,8H,6-7,9H2,1-3H3. The van der Waals surface area contributed by atoms with Crippen LogP contribution in [0.25, 0.3) is 0 Å². The Morgan fingerprint density at radius 2 is 2.07 bits per heavy atom. The molecule has 1 aromatic rings. The molecule has 0 aliphatic heterocycles. The van der Waals surface area contributed by atoms with E-state index in [0.717, 1.165) is 16.8 Å². The first-order chi connectivity index (χ1) is 6.97. The average molecular weight is 288 g/mol. The van der Waals surface area contributed by atoms with E-state index in [1.807, 2.05) is 12.1 Å². The maximum absolute atomic E-state index is 5.59. The highest BCUT2D eigenvalue weighted by atomic mass is 79.9. The smallest absolute Gasteiger partial charge is 0.0887 e. The Morgan fingerprint density at radius 1 is 1.33 bits per heavy atom. The van der Waals surface area contributed by atoms with Crippen molar-refractivity contribution in [1.29, 1.82) is 0 Å². The third-order valence-electron chi connectivity index (χ3n) is 2.03. The number of rotatable bonds is 5. The third kappa shape index (κ3) is 6.07. The second-order valence-corrected chi connectivity index (χ2v) is 11.4. The van der Waals surface area contributed by atoms with E-state index in [1.165, 1.54) is 6.04 Å². The van der Waals surface area contributed by atoms with Crippen LogP contribution in [0.5, 0.6) is 0 Å². The molecule has 0 N–H and O–H groups in total. The Labute approximate surface area is 101 Å². The fourth-order valence-electron chi connectivity index (χ4n) is 1.05. The zero-order valence-corrected chi connectivity index (χ0v) is 12.2. The lowest BCUT2D eigenvalue weighted by atomic mass is 10.4. The van der Waals surface area contributed by atoms with Crippen molar-refractivity contribution < 1.29 is 4.74 Å². The van der Waals surface area contributed by atoms with Gasteiger partial charge in [0.05, 0.1) is 12.3 Å². The number of ether oxygens (including phenoxy) is 1. The topological polar surface area (TPSA) is 22.1 Å². The lowest BCUT2D eigenvalue weighted by molar-refractivity contribution is 0.130. The van der Waals surface area contributed by atoms with Gasteiger partial charge in [-0.05, 0) is 34.1 Å². The molecule has 0 bridgehead atoms. The second-order valence-electron chi connectivity index (χ2n) is 4.83. The molecule has 15 heavy (non-hydrogen) atoms. The second kappa shape index (κ2) is 5.77. The molecular weight excluding hydrogens is 270 g/mol. The van der Waals surface area contributed by atoms with Gasteiger partial charge in [-0.3, -0.25) is 4.98 Å². The van der Waals surface area contributed by atoms with Crippen LogP contribution in [0.4, 0.5) is 0 Å². The van der Waals surface area contributed by atoms with Crippen LogP contribution in [0, 0.1) is 0 Å². The molecular formula is C11H18BrNOSi. The van der Waals surface area contributed by atoms with E-state index in [9.17, 15) is 0 Å². The minimum Gasteiger partial charge on any atom is -0.375 e. The van der Waals surface area contributed by atoms with Gasteiger partial charge >= 0.3 is 0 Å². The van der Waals surface area contributed by atoms with Gasteiger partial charge in [0.2, 0.25) is 0 Å². The van der Waals surface area contributed by atoms with Gasteiger partial charge in [0, 0.05) is 25.4 Å². The molecule has 0 aromatic carbocycles. The molecule has 4 heteroatoms. The molecule has 0 saturated carbocycles. The number of hydrogen-bond donors (Lipinski definition) is 0. The van der Waals surface area contributed by atoms with Crippen molar-refractivity contribution in [2.75, 3.05) is 6.61 Å². The zero-order chi connectivity index (χ0) is 11.3. The van der Waals surface area contributed by atoms with Crippen LogP contribution in [0.2, 0.25) is 25.7 Å². The van der Waals surface area contributed by atoms with Crippen LogP contribution in [0.3, 0.4) is 0 Å². The van der Waals surface area contributed by atoms with Crippen LogP contribution in [0.15, 0.2) is 22.8 Å². The van der Waals surface area contributed by atoms with Crippen LogP contribution < -0.4 is 0 Å². The Kier molecular flexibility index (Phi) is 4.95. The summed E-state index contributed by atoms with van der Waals surface area (Å²) in [5.41, 5.74) is 0.994. The van der Waals surface area contributed by atoms with Crippen molar-refractivity contribution in [3.05, 3.63) is 28.5 Å². The zero-order valence-electron chi connectivity index (χ0n) is 9.59. The number of aromatic nitrogens is 1. The number of nitrogens with zero attached hydrogens (tertiary/aromatic N) is 1. The van der Waals surface area contributed by atoms with E-state index in [0.29, 0.717) is 6.61 Å². The number of halogens is 1. The van der Waals surface area contributed by atoms with Gasteiger partial charge in [-0.15, -0.1) is 0 Å². The molecule has 1 aromatic heterocycles. The molecule has 0 atom stereocenters. The van der Waals surface area contributed by atoms with E-state index in [-0.39, 0.29) is 0 Å². The maximum atomic E-state index is 5.59. The first-order valence-corrected chi connectivity index (χ1v) is 9.65. The van der Waals surface area contributed by atoms with E-state index in [1.54, 1.807) is 6.20 Å². The number of hydrogen-bond acceptors (Lipinski definition) is 2. The van der Waals surface area contributed by atoms with Gasteiger partial charge in [0.1, 0.15) is 0 Å². The van der Waals surface area contributed by atoms with Crippen molar-refractivity contribution in [3.8, 4) is 0 Å². The van der Waals surface area contributed by atoms with Crippen LogP contribution in [-0.2, 0) is 11.3 Å². The van der Waals surface area contributed by atoms with Gasteiger partial charge in [0.15, 0.2) is 0 Å². The summed E-state index contributed by atoms with van der Waals surface area (Å²) in [6.45, 7) is 8.54. The molecule has 84 valence electrons. The summed E-state index contributed by atoms with van der Waals surface area (Å²) in [6.07, 6.45) is 1.80. The molecule has 1 heterocycles. The highest BCUT2D eigenvalue weighted by molar-refractivity contribution is 9.10. The lowest BCUT2D eigenvalue weighted by Crippen LogP contribution is -2.21. The molecule has 0 saturated heterocycles. The first kappa shape index (κ1) is 12.9. The summed E-state index contributed by atoms with van der Waals surface area (Å²) >= 11 is 3.36. The molecule has 0 radical (unpaired) electrons. The highest BCUT2D eigenvalue weighted by Crippen LogP contribution is 2.10. The van der Waals surface area contributed by atoms with Crippen molar-refractivity contribution in [1.82, 2.24) is 4.98 Å². The Bertz CT molecular complexity index is 294. The summed E-state index contributed by atoms with van der Waals surface area (Å²) in [5, 5.41) is 0. The monoisotopic (exact) mass is 287 g/mol. The first-order valence-electron chi connectivity index (χ1n) is 5.15. The quantitative estimate of drug-likeness (QED) is 0.609. The van der Waals surface area contributed by atoms with Gasteiger partial charge in [0.25, 0.3) is 0 Å². The average Bonchev–Trinajstić information content (AvgIpc) is 2.14. The molecule has 2 nitrogen and oxygen atoms in total. The van der Waals surface area contributed by atoms with E-state index in [4.69, 9.17) is 4.74 Å². The van der Waals surface area contributed by atoms with Gasteiger partial charge in [-0.1, -0.05) is 19.6 Å². The SMILES string of the molecule is C[Si](C)(C)CCOCc1ccc(Br)cn1. The minimum absolute atomic E-state index is 0.623. The Morgan fingerprint density at radius 3 is 2.60 bits per heavy atom. The van der Waals surface area contributed by atoms with Crippen molar-refractivity contribution >= 4 is 24.0 Å². The molecule has 0 amide bonds. The lowest BCUT2D eigenvalue weighted by Gasteiger charge is -2.15. The summed E-state index contributed by atoms with van der Waals surface area (Å²) in [5.74, 6) is 0. The van der Waals surface area contributed by atoms with Crippen LogP contribution in [0.1, 0.15) is 5.69 Å². The molecule has 0 unspecified atom stereocenters. The largest absolute Gasteiger partial charge is 0.375 e. The third-order valence-corrected chi connectivity index (χ3v) is 4.21. The summed E-state index contributed by atoms with van der Waals surface area (Å²) in [7, 11) is -0.957. The predicted octanol–water partition coefficient (Wildman–Crippen LogP) is 3.70. The summed E-state index contributed by atoms with van der Waals surface area (Å²) in [4.78, 5) is 4.25. The normalized spacial score (nSPS) is 11.7. The summed E-state index contributed by atoms with van der Waals surface area (Å²) in [6, 6.07) is 5.19. The molecule has 0 aliphatic rings. The maximum Gasteiger partial charge on any atom is 0.0887 e. The number of pyridine rings is 1.